The van der Waals surface area contributed by atoms with Crippen molar-refractivity contribution in [2.24, 2.45) is 0 Å². The predicted molar refractivity (Wildman–Crippen MR) is 90.0 cm³/mol. The van der Waals surface area contributed by atoms with Crippen LogP contribution in [0.3, 0.4) is 0 Å². The molecule has 21 heavy (non-hydrogen) atoms. The molecule has 1 aromatic carbocycles. The molecule has 0 saturated carbocycles. The van der Waals surface area contributed by atoms with E-state index in [9.17, 15) is 5.11 Å². The number of para-hydroxylation sites is 1. The summed E-state index contributed by atoms with van der Waals surface area (Å²) in [5.41, 5.74) is 3.24. The lowest BCUT2D eigenvalue weighted by Crippen LogP contribution is -1.98. The molecule has 0 amide bonds. The highest BCUT2D eigenvalue weighted by molar-refractivity contribution is 7.98. The molecule has 4 heteroatoms. The van der Waals surface area contributed by atoms with Crippen LogP contribution in [0, 0.1) is 0 Å². The molecule has 3 aromatic rings. The number of aliphatic hydroxyl groups excluding tert-OH is 1. The molecule has 4 rings (SSSR count). The summed E-state index contributed by atoms with van der Waals surface area (Å²) in [5.74, 6) is 2.27. The molecule has 1 unspecified atom stereocenters. The van der Waals surface area contributed by atoms with E-state index in [0.29, 0.717) is 0 Å². The maximum absolute atomic E-state index is 10.7. The normalized spacial score (nSPS) is 15.9. The van der Waals surface area contributed by atoms with Gasteiger partial charge in [-0.25, -0.2) is 0 Å². The Morgan fingerprint density at radius 3 is 3.00 bits per heavy atom. The number of benzene rings is 1. The highest BCUT2D eigenvalue weighted by atomic mass is 32.2. The minimum atomic E-state index is -0.567. The van der Waals surface area contributed by atoms with Gasteiger partial charge in [0.05, 0.1) is 5.52 Å². The standard InChI is InChI=1S/C17H15NOS2/c19-17(16-8-13-10-20-6-5-15(13)21-16)12-7-11-3-1-2-4-14(11)18-9-12/h1-4,7-9,17,19H,5-6,10H2. The first-order valence-electron chi connectivity index (χ1n) is 7.03. The van der Waals surface area contributed by atoms with Crippen molar-refractivity contribution in [3.8, 4) is 0 Å². The highest BCUT2D eigenvalue weighted by Crippen LogP contribution is 2.36. The molecule has 2 aromatic heterocycles. The molecule has 0 spiro atoms. The molecule has 0 saturated heterocycles. The number of aliphatic hydroxyl groups is 1. The van der Waals surface area contributed by atoms with Crippen molar-refractivity contribution < 1.29 is 5.11 Å². The third-order valence-corrected chi connectivity index (χ3v) is 6.14. The number of aromatic nitrogens is 1. The maximum atomic E-state index is 10.7. The molecule has 1 atom stereocenters. The Kier molecular flexibility index (Phi) is 3.45. The second-order valence-corrected chi connectivity index (χ2v) is 7.54. The number of thioether (sulfide) groups is 1. The van der Waals surface area contributed by atoms with Crippen molar-refractivity contribution >= 4 is 34.0 Å². The second-order valence-electron chi connectivity index (χ2n) is 5.26. The Morgan fingerprint density at radius 2 is 2.10 bits per heavy atom. The summed E-state index contributed by atoms with van der Waals surface area (Å²) in [6.45, 7) is 0. The third-order valence-electron chi connectivity index (χ3n) is 3.84. The van der Waals surface area contributed by atoms with E-state index < -0.39 is 6.10 Å². The average molecular weight is 313 g/mol. The van der Waals surface area contributed by atoms with Crippen molar-refractivity contribution in [3.05, 3.63) is 63.5 Å². The summed E-state index contributed by atoms with van der Waals surface area (Å²) in [6, 6.07) is 12.2. The van der Waals surface area contributed by atoms with Gasteiger partial charge in [-0.1, -0.05) is 18.2 Å². The summed E-state index contributed by atoms with van der Waals surface area (Å²) in [6.07, 6.45) is 2.36. The molecule has 0 bridgehead atoms. The first kappa shape index (κ1) is 13.3. The first-order valence-corrected chi connectivity index (χ1v) is 9.00. The van der Waals surface area contributed by atoms with Crippen LogP contribution >= 0.6 is 23.1 Å². The Morgan fingerprint density at radius 1 is 1.19 bits per heavy atom. The van der Waals surface area contributed by atoms with Crippen LogP contribution in [0.15, 0.2) is 42.6 Å². The van der Waals surface area contributed by atoms with E-state index in [0.717, 1.165) is 33.5 Å². The van der Waals surface area contributed by atoms with Gasteiger partial charge in [-0.15, -0.1) is 11.3 Å². The zero-order valence-electron chi connectivity index (χ0n) is 11.5. The van der Waals surface area contributed by atoms with E-state index >= 15 is 0 Å². The minimum Gasteiger partial charge on any atom is -0.383 e. The van der Waals surface area contributed by atoms with Gasteiger partial charge < -0.3 is 5.11 Å². The summed E-state index contributed by atoms with van der Waals surface area (Å²) < 4.78 is 0. The lowest BCUT2D eigenvalue weighted by molar-refractivity contribution is 0.224. The van der Waals surface area contributed by atoms with Crippen LogP contribution in [-0.4, -0.2) is 15.8 Å². The smallest absolute Gasteiger partial charge is 0.115 e. The van der Waals surface area contributed by atoms with Crippen molar-refractivity contribution in [1.29, 1.82) is 0 Å². The van der Waals surface area contributed by atoms with E-state index in [1.807, 2.05) is 42.1 Å². The molecular formula is C17H15NOS2. The van der Waals surface area contributed by atoms with Gasteiger partial charge in [0.15, 0.2) is 0 Å². The second kappa shape index (κ2) is 5.44. The van der Waals surface area contributed by atoms with Gasteiger partial charge in [-0.3, -0.25) is 4.98 Å². The van der Waals surface area contributed by atoms with E-state index in [1.54, 1.807) is 17.5 Å². The summed E-state index contributed by atoms with van der Waals surface area (Å²) in [5, 5.41) is 11.7. The number of thiophene rings is 1. The zero-order valence-corrected chi connectivity index (χ0v) is 13.1. The van der Waals surface area contributed by atoms with Gasteiger partial charge in [0, 0.05) is 32.7 Å². The Labute approximate surface area is 131 Å². The zero-order chi connectivity index (χ0) is 14.2. The summed E-state index contributed by atoms with van der Waals surface area (Å²) >= 11 is 3.73. The Hall–Kier alpha value is -1.36. The van der Waals surface area contributed by atoms with E-state index in [-0.39, 0.29) is 0 Å². The number of nitrogens with zero attached hydrogens (tertiary/aromatic N) is 1. The quantitative estimate of drug-likeness (QED) is 0.771. The number of aryl methyl sites for hydroxylation is 1. The summed E-state index contributed by atoms with van der Waals surface area (Å²) in [7, 11) is 0. The fourth-order valence-electron chi connectivity index (χ4n) is 2.71. The van der Waals surface area contributed by atoms with Crippen molar-refractivity contribution in [2.75, 3.05) is 5.75 Å². The molecule has 1 aliphatic heterocycles. The van der Waals surface area contributed by atoms with E-state index in [1.165, 1.54) is 16.2 Å². The number of hydrogen-bond donors (Lipinski definition) is 1. The van der Waals surface area contributed by atoms with E-state index in [2.05, 4.69) is 11.1 Å². The van der Waals surface area contributed by atoms with Gasteiger partial charge in [0.25, 0.3) is 0 Å². The SMILES string of the molecule is OC(c1cnc2ccccc2c1)c1cc2c(s1)CCSC2. The highest BCUT2D eigenvalue weighted by Gasteiger charge is 2.19. The molecular weight excluding hydrogens is 298 g/mol. The third kappa shape index (κ3) is 2.48. The van der Waals surface area contributed by atoms with Crippen LogP contribution in [0.2, 0.25) is 0 Å². The average Bonchev–Trinajstić information content (AvgIpc) is 2.97. The Bertz CT molecular complexity index is 773. The Balaban J connectivity index is 1.71. The lowest BCUT2D eigenvalue weighted by atomic mass is 10.1. The van der Waals surface area contributed by atoms with Crippen LogP contribution in [-0.2, 0) is 12.2 Å². The molecule has 0 radical (unpaired) electrons. The van der Waals surface area contributed by atoms with Crippen LogP contribution in [0.1, 0.15) is 27.0 Å². The fraction of sp³-hybridized carbons (Fsp3) is 0.235. The van der Waals surface area contributed by atoms with Gasteiger partial charge in [0.2, 0.25) is 0 Å². The molecule has 0 fully saturated rings. The molecule has 106 valence electrons. The van der Waals surface area contributed by atoms with Crippen LogP contribution in [0.25, 0.3) is 10.9 Å². The summed E-state index contributed by atoms with van der Waals surface area (Å²) in [4.78, 5) is 6.93. The predicted octanol–water partition coefficient (Wildman–Crippen LogP) is 4.17. The largest absolute Gasteiger partial charge is 0.383 e. The number of pyridine rings is 1. The number of rotatable bonds is 2. The number of fused-ring (bicyclic) bond motifs is 2. The molecule has 1 aliphatic rings. The van der Waals surface area contributed by atoms with Gasteiger partial charge in [-0.05, 0) is 35.9 Å². The monoisotopic (exact) mass is 313 g/mol. The van der Waals surface area contributed by atoms with Crippen LogP contribution in [0.5, 0.6) is 0 Å². The van der Waals surface area contributed by atoms with Crippen LogP contribution in [0.4, 0.5) is 0 Å². The molecule has 2 nitrogen and oxygen atoms in total. The van der Waals surface area contributed by atoms with Crippen molar-refractivity contribution in [2.45, 2.75) is 18.3 Å². The van der Waals surface area contributed by atoms with Gasteiger partial charge in [-0.2, -0.15) is 11.8 Å². The van der Waals surface area contributed by atoms with E-state index in [4.69, 9.17) is 0 Å². The topological polar surface area (TPSA) is 33.1 Å². The number of hydrogen-bond acceptors (Lipinski definition) is 4. The van der Waals surface area contributed by atoms with Crippen molar-refractivity contribution in [1.82, 2.24) is 4.98 Å². The van der Waals surface area contributed by atoms with Gasteiger partial charge in [0.1, 0.15) is 6.10 Å². The van der Waals surface area contributed by atoms with Crippen molar-refractivity contribution in [3.63, 3.8) is 0 Å². The lowest BCUT2D eigenvalue weighted by Gasteiger charge is -2.09. The fourth-order valence-corrected chi connectivity index (χ4v) is 5.10. The first-order chi connectivity index (χ1) is 10.3. The minimum absolute atomic E-state index is 0.567. The van der Waals surface area contributed by atoms with Gasteiger partial charge >= 0.3 is 0 Å². The maximum Gasteiger partial charge on any atom is 0.115 e. The van der Waals surface area contributed by atoms with Crippen LogP contribution < -0.4 is 0 Å². The molecule has 3 heterocycles. The molecule has 1 N–H and O–H groups in total. The molecule has 0 aliphatic carbocycles.